The average molecular weight is 423 g/mol. The van der Waals surface area contributed by atoms with Crippen LogP contribution in [0.15, 0.2) is 53.0 Å². The summed E-state index contributed by atoms with van der Waals surface area (Å²) in [5.74, 6) is 1.29. The Bertz CT molecular complexity index is 718. The maximum absolute atomic E-state index is 13.0. The minimum absolute atomic E-state index is 0.191. The summed E-state index contributed by atoms with van der Waals surface area (Å²) in [6.45, 7) is 3.00. The van der Waals surface area contributed by atoms with Crippen molar-refractivity contribution in [1.82, 2.24) is 4.90 Å². The van der Waals surface area contributed by atoms with Crippen LogP contribution in [0.25, 0.3) is 0 Å². The molecule has 2 aromatic rings. The summed E-state index contributed by atoms with van der Waals surface area (Å²) in [5.41, 5.74) is 2.22. The maximum Gasteiger partial charge on any atom is 0.232 e. The van der Waals surface area contributed by atoms with Gasteiger partial charge < -0.3 is 9.80 Å². The molecule has 0 bridgehead atoms. The van der Waals surface area contributed by atoms with Crippen LogP contribution in [0, 0.1) is 5.82 Å². The Morgan fingerprint density at radius 3 is 2.40 bits per heavy atom. The van der Waals surface area contributed by atoms with E-state index in [1.165, 1.54) is 17.7 Å². The van der Waals surface area contributed by atoms with Crippen LogP contribution in [0.5, 0.6) is 0 Å². The molecule has 0 spiro atoms. The van der Waals surface area contributed by atoms with E-state index in [1.54, 1.807) is 23.9 Å². The van der Waals surface area contributed by atoms with Crippen molar-refractivity contribution in [3.8, 4) is 0 Å². The normalized spacial score (nSPS) is 14.6. The summed E-state index contributed by atoms with van der Waals surface area (Å²) >= 11 is 5.18. The molecule has 1 amide bonds. The zero-order chi connectivity index (χ0) is 17.6. The van der Waals surface area contributed by atoms with Gasteiger partial charge in [0.2, 0.25) is 5.91 Å². The van der Waals surface area contributed by atoms with Crippen LogP contribution in [-0.4, -0.2) is 42.7 Å². The zero-order valence-electron chi connectivity index (χ0n) is 13.8. The summed E-state index contributed by atoms with van der Waals surface area (Å²) in [7, 11) is 0. The number of carbonyl (C=O) groups is 1. The van der Waals surface area contributed by atoms with Gasteiger partial charge in [0.05, 0.1) is 5.75 Å². The van der Waals surface area contributed by atoms with Gasteiger partial charge in [-0.2, -0.15) is 0 Å². The molecule has 2 aromatic carbocycles. The highest BCUT2D eigenvalue weighted by Gasteiger charge is 2.21. The molecule has 3 nitrogen and oxygen atoms in total. The fourth-order valence-corrected chi connectivity index (χ4v) is 4.36. The number of benzene rings is 2. The average Bonchev–Trinajstić information content (AvgIpc) is 2.64. The summed E-state index contributed by atoms with van der Waals surface area (Å²) in [6.07, 6.45) is 0. The maximum atomic E-state index is 13.0. The standard InChI is InChI=1S/C19H20BrFN2OS/c20-18-4-2-1-3-15(18)13-25-14-19(24)23-11-9-22(10-12-23)17-7-5-16(21)6-8-17/h1-8H,9-14H2. The van der Waals surface area contributed by atoms with Gasteiger partial charge in [-0.25, -0.2) is 4.39 Å². The molecule has 1 aliphatic rings. The highest BCUT2D eigenvalue weighted by atomic mass is 79.9. The second-order valence-electron chi connectivity index (χ2n) is 5.93. The predicted octanol–water partition coefficient (Wildman–Crippen LogP) is 4.17. The molecule has 0 aromatic heterocycles. The van der Waals surface area contributed by atoms with Gasteiger partial charge in [-0.3, -0.25) is 4.79 Å². The van der Waals surface area contributed by atoms with Crippen molar-refractivity contribution in [1.29, 1.82) is 0 Å². The first-order valence-corrected chi connectivity index (χ1v) is 10.2. The SMILES string of the molecule is O=C(CSCc1ccccc1Br)N1CCN(c2ccc(F)cc2)CC1. The number of anilines is 1. The van der Waals surface area contributed by atoms with Crippen molar-refractivity contribution in [2.75, 3.05) is 36.8 Å². The summed E-state index contributed by atoms with van der Waals surface area (Å²) in [6, 6.07) is 14.6. The fourth-order valence-electron chi connectivity index (χ4n) is 2.82. The molecule has 0 atom stereocenters. The van der Waals surface area contributed by atoms with Gasteiger partial charge in [-0.15, -0.1) is 11.8 Å². The fraction of sp³-hybridized carbons (Fsp3) is 0.316. The molecule has 25 heavy (non-hydrogen) atoms. The van der Waals surface area contributed by atoms with Crippen LogP contribution in [-0.2, 0) is 10.5 Å². The lowest BCUT2D eigenvalue weighted by atomic mass is 10.2. The van der Waals surface area contributed by atoms with E-state index >= 15 is 0 Å². The molecule has 3 rings (SSSR count). The van der Waals surface area contributed by atoms with Crippen molar-refractivity contribution in [3.63, 3.8) is 0 Å². The Kier molecular flexibility index (Phi) is 6.37. The Morgan fingerprint density at radius 2 is 1.72 bits per heavy atom. The number of halogens is 2. The zero-order valence-corrected chi connectivity index (χ0v) is 16.2. The molecule has 0 N–H and O–H groups in total. The molecule has 1 saturated heterocycles. The third-order valence-electron chi connectivity index (χ3n) is 4.27. The Hall–Kier alpha value is -1.53. The van der Waals surface area contributed by atoms with E-state index < -0.39 is 0 Å². The molecule has 6 heteroatoms. The van der Waals surface area contributed by atoms with Crippen molar-refractivity contribution in [2.24, 2.45) is 0 Å². The van der Waals surface area contributed by atoms with Gasteiger partial charge >= 0.3 is 0 Å². The summed E-state index contributed by atoms with van der Waals surface area (Å²) < 4.78 is 14.1. The van der Waals surface area contributed by atoms with E-state index in [-0.39, 0.29) is 11.7 Å². The second kappa shape index (κ2) is 8.72. The van der Waals surface area contributed by atoms with Crippen LogP contribution in [0.4, 0.5) is 10.1 Å². The van der Waals surface area contributed by atoms with Crippen molar-refractivity contribution in [2.45, 2.75) is 5.75 Å². The number of rotatable bonds is 5. The van der Waals surface area contributed by atoms with Gasteiger partial charge in [0.25, 0.3) is 0 Å². The van der Waals surface area contributed by atoms with E-state index in [9.17, 15) is 9.18 Å². The molecule has 0 radical (unpaired) electrons. The predicted molar refractivity (Wildman–Crippen MR) is 105 cm³/mol. The minimum atomic E-state index is -0.223. The van der Waals surface area contributed by atoms with Crippen LogP contribution in [0.1, 0.15) is 5.56 Å². The van der Waals surface area contributed by atoms with Gasteiger partial charge in [0, 0.05) is 42.1 Å². The number of hydrogen-bond acceptors (Lipinski definition) is 3. The molecule has 0 aliphatic carbocycles. The third kappa shape index (κ3) is 4.98. The van der Waals surface area contributed by atoms with Gasteiger partial charge in [0.1, 0.15) is 5.82 Å². The first-order valence-electron chi connectivity index (χ1n) is 8.23. The molecular formula is C19H20BrFN2OS. The second-order valence-corrected chi connectivity index (χ2v) is 7.77. The Balaban J connectivity index is 1.44. The molecule has 1 heterocycles. The smallest absolute Gasteiger partial charge is 0.232 e. The van der Waals surface area contributed by atoms with Crippen molar-refractivity contribution < 1.29 is 9.18 Å². The minimum Gasteiger partial charge on any atom is -0.368 e. The van der Waals surface area contributed by atoms with Crippen molar-refractivity contribution in [3.05, 3.63) is 64.4 Å². The lowest BCUT2D eigenvalue weighted by molar-refractivity contribution is -0.128. The van der Waals surface area contributed by atoms with E-state index in [0.717, 1.165) is 29.0 Å². The van der Waals surface area contributed by atoms with Crippen LogP contribution >= 0.6 is 27.7 Å². The van der Waals surface area contributed by atoms with Crippen LogP contribution < -0.4 is 4.90 Å². The summed E-state index contributed by atoms with van der Waals surface area (Å²) in [5, 5.41) is 0. The lowest BCUT2D eigenvalue weighted by Crippen LogP contribution is -2.49. The Labute approximate surface area is 160 Å². The summed E-state index contributed by atoms with van der Waals surface area (Å²) in [4.78, 5) is 16.5. The van der Waals surface area contributed by atoms with E-state index in [4.69, 9.17) is 0 Å². The van der Waals surface area contributed by atoms with E-state index in [0.29, 0.717) is 18.8 Å². The molecular weight excluding hydrogens is 403 g/mol. The first-order chi connectivity index (χ1) is 12.1. The number of amides is 1. The largest absolute Gasteiger partial charge is 0.368 e. The molecule has 0 unspecified atom stereocenters. The molecule has 1 aliphatic heterocycles. The number of hydrogen-bond donors (Lipinski definition) is 0. The number of carbonyl (C=O) groups excluding carboxylic acids is 1. The number of nitrogens with zero attached hydrogens (tertiary/aromatic N) is 2. The van der Waals surface area contributed by atoms with E-state index in [2.05, 4.69) is 26.9 Å². The lowest BCUT2D eigenvalue weighted by Gasteiger charge is -2.36. The van der Waals surface area contributed by atoms with E-state index in [1.807, 2.05) is 23.1 Å². The first kappa shape index (κ1) is 18.3. The topological polar surface area (TPSA) is 23.6 Å². The van der Waals surface area contributed by atoms with Gasteiger partial charge in [-0.05, 0) is 35.9 Å². The number of piperazine rings is 1. The monoisotopic (exact) mass is 422 g/mol. The molecule has 132 valence electrons. The highest BCUT2D eigenvalue weighted by molar-refractivity contribution is 9.10. The molecule has 0 saturated carbocycles. The molecule has 1 fully saturated rings. The quantitative estimate of drug-likeness (QED) is 0.722. The van der Waals surface area contributed by atoms with Crippen LogP contribution in [0.3, 0.4) is 0 Å². The Morgan fingerprint density at radius 1 is 1.04 bits per heavy atom. The van der Waals surface area contributed by atoms with Crippen LogP contribution in [0.2, 0.25) is 0 Å². The van der Waals surface area contributed by atoms with Gasteiger partial charge in [0.15, 0.2) is 0 Å². The third-order valence-corrected chi connectivity index (χ3v) is 6.00. The highest BCUT2D eigenvalue weighted by Crippen LogP contribution is 2.22. The van der Waals surface area contributed by atoms with Crippen molar-refractivity contribution >= 4 is 39.3 Å². The van der Waals surface area contributed by atoms with Gasteiger partial charge in [-0.1, -0.05) is 34.1 Å². The number of thioether (sulfide) groups is 1.